The number of nitrogens with zero attached hydrogens (tertiary/aromatic N) is 3. The lowest BCUT2D eigenvalue weighted by molar-refractivity contribution is -0.154. The van der Waals surface area contributed by atoms with Gasteiger partial charge in [0.2, 0.25) is 0 Å². The molecule has 0 radical (unpaired) electrons. The van der Waals surface area contributed by atoms with Gasteiger partial charge in [0.25, 0.3) is 0 Å². The molecule has 7 heteroatoms. The van der Waals surface area contributed by atoms with Gasteiger partial charge in [0.1, 0.15) is 0 Å². The average molecular weight is 299 g/mol. The van der Waals surface area contributed by atoms with Gasteiger partial charge in [-0.2, -0.15) is 0 Å². The Morgan fingerprint density at radius 3 is 2.48 bits per heavy atom. The van der Waals surface area contributed by atoms with E-state index in [1.165, 1.54) is 6.42 Å². The second-order valence-electron chi connectivity index (χ2n) is 6.25. The number of hydrogen-bond donors (Lipinski definition) is 1. The van der Waals surface area contributed by atoms with Crippen LogP contribution in [0.15, 0.2) is 0 Å². The van der Waals surface area contributed by atoms with Crippen LogP contribution in [0.25, 0.3) is 0 Å². The van der Waals surface area contributed by atoms with Gasteiger partial charge in [-0.05, 0) is 33.4 Å². The lowest BCUT2D eigenvalue weighted by Gasteiger charge is -2.49. The molecule has 0 spiro atoms. The van der Waals surface area contributed by atoms with Crippen LogP contribution in [0.2, 0.25) is 0 Å². The van der Waals surface area contributed by atoms with E-state index in [-0.39, 0.29) is 24.7 Å². The number of hydrogen-bond acceptors (Lipinski definition) is 4. The van der Waals surface area contributed by atoms with Gasteiger partial charge >= 0.3 is 12.0 Å². The molecule has 2 amide bonds. The Balaban J connectivity index is 1.94. The van der Waals surface area contributed by atoms with Gasteiger partial charge in [-0.25, -0.2) is 9.59 Å². The Hall–Kier alpha value is -1.34. The standard InChI is InChI=1S/C14H25N3O4/c1-15(2)14(5-4-6-14)10-16(3)13(20)17-7-8-21-11(9-17)12(18)19/h11H,4-10H2,1-3H3,(H,18,19). The van der Waals surface area contributed by atoms with Crippen LogP contribution < -0.4 is 0 Å². The fraction of sp³-hybridized carbons (Fsp3) is 0.857. The third-order valence-electron chi connectivity index (χ3n) is 4.70. The SMILES string of the molecule is CN(CC1(N(C)C)CCC1)C(=O)N1CCOC(C(=O)O)C1. The summed E-state index contributed by atoms with van der Waals surface area (Å²) < 4.78 is 5.15. The third kappa shape index (κ3) is 3.29. The molecule has 1 heterocycles. The molecule has 1 N–H and O–H groups in total. The Bertz CT molecular complexity index is 409. The van der Waals surface area contributed by atoms with Crippen molar-refractivity contribution in [3.8, 4) is 0 Å². The Morgan fingerprint density at radius 1 is 1.33 bits per heavy atom. The quantitative estimate of drug-likeness (QED) is 0.808. The highest BCUT2D eigenvalue weighted by atomic mass is 16.5. The zero-order chi connectivity index (χ0) is 15.6. The summed E-state index contributed by atoms with van der Waals surface area (Å²) in [5, 5.41) is 9.00. The third-order valence-corrected chi connectivity index (χ3v) is 4.70. The predicted octanol–water partition coefficient (Wildman–Crippen LogP) is 0.308. The maximum atomic E-state index is 12.5. The molecule has 7 nitrogen and oxygen atoms in total. The van der Waals surface area contributed by atoms with E-state index in [9.17, 15) is 9.59 Å². The van der Waals surface area contributed by atoms with Gasteiger partial charge in [-0.15, -0.1) is 0 Å². The lowest BCUT2D eigenvalue weighted by atomic mass is 9.75. The number of aliphatic carboxylic acids is 1. The highest BCUT2D eigenvalue weighted by Crippen LogP contribution is 2.36. The van der Waals surface area contributed by atoms with Gasteiger partial charge in [0, 0.05) is 25.7 Å². The van der Waals surface area contributed by atoms with Crippen LogP contribution in [-0.2, 0) is 9.53 Å². The maximum Gasteiger partial charge on any atom is 0.334 e. The first-order valence-corrected chi connectivity index (χ1v) is 7.37. The Labute approximate surface area is 125 Å². The van der Waals surface area contributed by atoms with Crippen LogP contribution >= 0.6 is 0 Å². The molecular weight excluding hydrogens is 274 g/mol. The number of morpholine rings is 1. The smallest absolute Gasteiger partial charge is 0.334 e. The normalized spacial score (nSPS) is 24.6. The highest BCUT2D eigenvalue weighted by Gasteiger charge is 2.41. The summed E-state index contributed by atoms with van der Waals surface area (Å²) in [6.07, 6.45) is 2.47. The van der Waals surface area contributed by atoms with E-state index in [2.05, 4.69) is 4.90 Å². The maximum absolute atomic E-state index is 12.5. The van der Waals surface area contributed by atoms with Crippen LogP contribution in [0.5, 0.6) is 0 Å². The molecule has 0 bridgehead atoms. The second kappa shape index (κ2) is 6.19. The summed E-state index contributed by atoms with van der Waals surface area (Å²) in [6.45, 7) is 1.51. The minimum atomic E-state index is -1.01. The topological polar surface area (TPSA) is 73.3 Å². The van der Waals surface area contributed by atoms with Crippen molar-refractivity contribution in [2.24, 2.45) is 0 Å². The molecule has 1 aliphatic heterocycles. The fourth-order valence-corrected chi connectivity index (χ4v) is 3.05. The Kier molecular flexibility index (Phi) is 4.73. The van der Waals surface area contributed by atoms with Crippen molar-refractivity contribution in [2.75, 3.05) is 47.4 Å². The molecule has 21 heavy (non-hydrogen) atoms. The van der Waals surface area contributed by atoms with Crippen molar-refractivity contribution in [2.45, 2.75) is 30.9 Å². The van der Waals surface area contributed by atoms with Crippen LogP contribution in [-0.4, -0.2) is 90.8 Å². The van der Waals surface area contributed by atoms with E-state index in [4.69, 9.17) is 9.84 Å². The monoisotopic (exact) mass is 299 g/mol. The van der Waals surface area contributed by atoms with E-state index in [0.29, 0.717) is 13.1 Å². The van der Waals surface area contributed by atoms with E-state index < -0.39 is 12.1 Å². The number of carbonyl (C=O) groups is 2. The summed E-state index contributed by atoms with van der Waals surface area (Å²) in [7, 11) is 5.89. The zero-order valence-electron chi connectivity index (χ0n) is 13.0. The van der Waals surface area contributed by atoms with Crippen LogP contribution in [0, 0.1) is 0 Å². The van der Waals surface area contributed by atoms with Crippen molar-refractivity contribution in [1.29, 1.82) is 0 Å². The average Bonchev–Trinajstić information content (AvgIpc) is 2.41. The number of likely N-dealkylation sites (N-methyl/N-ethyl adjacent to an activating group) is 2. The number of carboxylic acid groups (broad SMARTS) is 1. The van der Waals surface area contributed by atoms with Gasteiger partial charge in [0.15, 0.2) is 6.10 Å². The van der Waals surface area contributed by atoms with Crippen molar-refractivity contribution in [3.05, 3.63) is 0 Å². The molecule has 0 aromatic rings. The second-order valence-corrected chi connectivity index (χ2v) is 6.25. The van der Waals surface area contributed by atoms with Gasteiger partial charge in [0.05, 0.1) is 13.2 Å². The van der Waals surface area contributed by atoms with Crippen LogP contribution in [0.3, 0.4) is 0 Å². The predicted molar refractivity (Wildman–Crippen MR) is 77.2 cm³/mol. The number of carbonyl (C=O) groups excluding carboxylic acids is 1. The minimum Gasteiger partial charge on any atom is -0.479 e. The van der Waals surface area contributed by atoms with Crippen LogP contribution in [0.1, 0.15) is 19.3 Å². The number of carboxylic acids is 1. The highest BCUT2D eigenvalue weighted by molar-refractivity contribution is 5.77. The van der Waals surface area contributed by atoms with E-state index in [0.717, 1.165) is 12.8 Å². The molecule has 2 fully saturated rings. The number of urea groups is 1. The van der Waals surface area contributed by atoms with Crippen LogP contribution in [0.4, 0.5) is 4.79 Å². The van der Waals surface area contributed by atoms with Crippen molar-refractivity contribution >= 4 is 12.0 Å². The first-order chi connectivity index (χ1) is 9.85. The molecule has 1 atom stereocenters. The fourth-order valence-electron chi connectivity index (χ4n) is 3.05. The number of amides is 2. The first kappa shape index (κ1) is 16.0. The summed E-state index contributed by atoms with van der Waals surface area (Å²) >= 11 is 0. The minimum absolute atomic E-state index is 0.0723. The van der Waals surface area contributed by atoms with Crippen molar-refractivity contribution in [3.63, 3.8) is 0 Å². The summed E-state index contributed by atoms with van der Waals surface area (Å²) in [5.41, 5.74) is 0.0723. The van der Waals surface area contributed by atoms with Gasteiger partial charge < -0.3 is 24.5 Å². The molecule has 1 aliphatic carbocycles. The van der Waals surface area contributed by atoms with Gasteiger partial charge in [-0.3, -0.25) is 0 Å². The zero-order valence-corrected chi connectivity index (χ0v) is 13.0. The molecule has 1 saturated carbocycles. The molecule has 0 aromatic carbocycles. The summed E-state index contributed by atoms with van der Waals surface area (Å²) in [5.74, 6) is -1.01. The first-order valence-electron chi connectivity index (χ1n) is 7.37. The number of ether oxygens (including phenoxy) is 1. The van der Waals surface area contributed by atoms with E-state index >= 15 is 0 Å². The molecule has 1 saturated heterocycles. The van der Waals surface area contributed by atoms with E-state index in [1.807, 2.05) is 14.1 Å². The Morgan fingerprint density at radius 2 is 2.00 bits per heavy atom. The summed E-state index contributed by atoms with van der Waals surface area (Å²) in [6, 6.07) is -0.113. The molecular formula is C14H25N3O4. The molecule has 2 rings (SSSR count). The van der Waals surface area contributed by atoms with Crippen molar-refractivity contribution < 1.29 is 19.4 Å². The largest absolute Gasteiger partial charge is 0.479 e. The molecule has 120 valence electrons. The molecule has 2 aliphatic rings. The molecule has 0 aromatic heterocycles. The number of rotatable bonds is 4. The van der Waals surface area contributed by atoms with Gasteiger partial charge in [-0.1, -0.05) is 0 Å². The van der Waals surface area contributed by atoms with Crippen molar-refractivity contribution in [1.82, 2.24) is 14.7 Å². The summed E-state index contributed by atoms with van der Waals surface area (Å²) in [4.78, 5) is 29.0. The lowest BCUT2D eigenvalue weighted by Crippen LogP contribution is -2.60. The van der Waals surface area contributed by atoms with E-state index in [1.54, 1.807) is 16.8 Å². The molecule has 1 unspecified atom stereocenters.